The van der Waals surface area contributed by atoms with Crippen molar-refractivity contribution in [1.29, 1.82) is 0 Å². The minimum atomic E-state index is -1.65. The molecule has 0 aromatic carbocycles. The molecule has 0 aliphatic rings. The second-order valence-corrected chi connectivity index (χ2v) is 58.0. The van der Waals surface area contributed by atoms with Gasteiger partial charge >= 0.3 is 316 Å². The van der Waals surface area contributed by atoms with Crippen LogP contribution in [0.3, 0.4) is 0 Å². The first kappa shape index (κ1) is 47.5. The van der Waals surface area contributed by atoms with E-state index in [-0.39, 0.29) is 0 Å². The Morgan fingerprint density at radius 3 is 0.378 bits per heavy atom. The average molecular weight is 891 g/mol. The predicted octanol–water partition coefficient (Wildman–Crippen LogP) is 15.7. The van der Waals surface area contributed by atoms with Gasteiger partial charge in [0.15, 0.2) is 0 Å². The van der Waals surface area contributed by atoms with Crippen LogP contribution in [0, 0.1) is 33.0 Å². The fraction of sp³-hybridized carbons (Fsp3) is 1.00. The fourth-order valence-corrected chi connectivity index (χ4v) is 110. The molecule has 0 atom stereocenters. The molecule has 7 heteroatoms. The number of hydrogen-bond acceptors (Lipinski definition) is 0. The maximum atomic E-state index is 2.76. The van der Waals surface area contributed by atoms with Gasteiger partial charge in [0.1, 0.15) is 0 Å². The summed E-state index contributed by atoms with van der Waals surface area (Å²) in [5.41, 5.74) is 0. The molecule has 0 spiro atoms. The van der Waals surface area contributed by atoms with Crippen molar-refractivity contribution in [2.75, 3.05) is 0 Å². The summed E-state index contributed by atoms with van der Waals surface area (Å²) in [7, 11) is -9.88. The minimum absolute atomic E-state index is 0.801. The van der Waals surface area contributed by atoms with E-state index in [1.807, 2.05) is 0 Å². The molecule has 0 aliphatic carbocycles. The van der Waals surface area contributed by atoms with Crippen LogP contribution in [-0.2, 0) is 0 Å². The van der Waals surface area contributed by atoms with E-state index < -0.39 is 48.4 Å². The van der Waals surface area contributed by atoms with Crippen molar-refractivity contribution < 1.29 is 33.0 Å². The van der Waals surface area contributed by atoms with Gasteiger partial charge in [0.05, 0.1) is 0 Å². The van der Waals surface area contributed by atoms with Crippen LogP contribution < -0.4 is 0 Å². The van der Waals surface area contributed by atoms with Crippen molar-refractivity contribution >= 4 is 48.4 Å². The molecule has 0 saturated heterocycles. The third-order valence-electron chi connectivity index (χ3n) is 16.4. The van der Waals surface area contributed by atoms with Crippen molar-refractivity contribution in [3.8, 4) is 0 Å². The van der Waals surface area contributed by atoms with E-state index >= 15 is 0 Å². The molecule has 0 nitrogen and oxygen atoms in total. The first-order valence-corrected chi connectivity index (χ1v) is 38.2. The quantitative estimate of drug-likeness (QED) is 0.0759. The second-order valence-electron chi connectivity index (χ2n) is 15.2. The monoisotopic (exact) mass is 890 g/mol. The van der Waals surface area contributed by atoms with Gasteiger partial charge < -0.3 is 0 Å². The standard InChI is InChI=1S/2C19H45Si3.Lu/c2*1-10-20(11-2,12-3)19(21(13-4,14-5)15-6)22(16-7,17-8)18-9;/h2*10-18H2,1-9H3;. The summed E-state index contributed by atoms with van der Waals surface area (Å²) in [6, 6.07) is 28.4. The average Bonchev–Trinajstić information content (AvgIpc) is 3.10. The zero-order valence-corrected chi connectivity index (χ0v) is 42.6. The Balaban J connectivity index is 9.85. The Kier molecular flexibility index (Phi) is 21.1. The summed E-state index contributed by atoms with van der Waals surface area (Å²) in [5.74, 6) is 0. The third-order valence-corrected chi connectivity index (χ3v) is 87.8. The zero-order chi connectivity index (χ0) is 35.4. The predicted molar refractivity (Wildman–Crippen MR) is 229 cm³/mol. The van der Waals surface area contributed by atoms with Crippen molar-refractivity contribution in [3.63, 3.8) is 0 Å². The zero-order valence-electron chi connectivity index (χ0n) is 35.0. The van der Waals surface area contributed by atoms with E-state index in [1.54, 1.807) is 109 Å². The van der Waals surface area contributed by atoms with Crippen LogP contribution in [0.1, 0.15) is 125 Å². The Hall–Kier alpha value is 2.54. The molecular weight excluding hydrogens is 800 g/mol. The summed E-state index contributed by atoms with van der Waals surface area (Å²) in [6.07, 6.45) is 0. The molecule has 0 fully saturated rings. The SMILES string of the molecule is CC[Si](CC)(CC)[C]([Lu][C]([Si](CC)(CC)CC)([Si](CC)(CC)CC)[Si](CC)(CC)CC)([Si](CC)(CC)CC)[Si](CC)(CC)CC. The molecule has 0 rings (SSSR count). The van der Waals surface area contributed by atoms with E-state index in [1.165, 1.54) is 0 Å². The Morgan fingerprint density at radius 2 is 0.311 bits per heavy atom. The first-order valence-electron chi connectivity index (χ1n) is 20.9. The Labute approximate surface area is 312 Å². The molecule has 281 valence electrons. The van der Waals surface area contributed by atoms with Gasteiger partial charge in [0, 0.05) is 0 Å². The Bertz CT molecular complexity index is 589. The van der Waals surface area contributed by atoms with E-state index in [4.69, 9.17) is 0 Å². The topological polar surface area (TPSA) is 0 Å². The van der Waals surface area contributed by atoms with Crippen LogP contribution in [0.4, 0.5) is 0 Å². The molecule has 0 N–H and O–H groups in total. The van der Waals surface area contributed by atoms with Gasteiger partial charge in [-0.25, -0.2) is 0 Å². The summed E-state index contributed by atoms with van der Waals surface area (Å²) in [6.45, 7) is 49.8. The van der Waals surface area contributed by atoms with Crippen LogP contribution in [-0.4, -0.2) is 48.4 Å². The van der Waals surface area contributed by atoms with Crippen LogP contribution in [0.25, 0.3) is 0 Å². The maximum absolute atomic E-state index is 2.76. The van der Waals surface area contributed by atoms with Gasteiger partial charge in [0.2, 0.25) is 0 Å². The molecule has 0 heterocycles. The number of hydrogen-bond donors (Lipinski definition) is 0. The summed E-state index contributed by atoms with van der Waals surface area (Å²) >= 11 is 1.13. The van der Waals surface area contributed by atoms with E-state index in [0.29, 0.717) is 0 Å². The first-order chi connectivity index (χ1) is 21.3. The van der Waals surface area contributed by atoms with Crippen molar-refractivity contribution in [3.05, 3.63) is 0 Å². The van der Waals surface area contributed by atoms with Gasteiger partial charge in [0.25, 0.3) is 0 Å². The molecule has 0 unspecified atom stereocenters. The van der Waals surface area contributed by atoms with Crippen LogP contribution >= 0.6 is 0 Å². The Morgan fingerprint density at radius 1 is 0.222 bits per heavy atom. The van der Waals surface area contributed by atoms with Crippen LogP contribution in [0.5, 0.6) is 0 Å². The molecule has 0 radical (unpaired) electrons. The fourth-order valence-electron chi connectivity index (χ4n) is 12.4. The van der Waals surface area contributed by atoms with Crippen LogP contribution in [0.2, 0.25) is 110 Å². The normalized spacial score (nSPS) is 14.9. The summed E-state index contributed by atoms with van der Waals surface area (Å²) < 4.78 is 1.60. The molecule has 0 aromatic heterocycles. The van der Waals surface area contributed by atoms with Gasteiger partial charge in [-0.15, -0.1) is 0 Å². The van der Waals surface area contributed by atoms with Gasteiger partial charge in [-0.2, -0.15) is 0 Å². The second kappa shape index (κ2) is 20.0. The summed E-state index contributed by atoms with van der Waals surface area (Å²) in [4.78, 5) is 0. The van der Waals surface area contributed by atoms with Crippen molar-refractivity contribution in [1.82, 2.24) is 0 Å². The molecular formula is C38H90LuSi6. The molecule has 0 aromatic rings. The van der Waals surface area contributed by atoms with Crippen molar-refractivity contribution in [2.45, 2.75) is 234 Å². The van der Waals surface area contributed by atoms with Gasteiger partial charge in [-0.3, -0.25) is 0 Å². The van der Waals surface area contributed by atoms with E-state index in [2.05, 4.69) is 125 Å². The molecule has 0 bridgehead atoms. The summed E-state index contributed by atoms with van der Waals surface area (Å²) in [5, 5.41) is 0. The molecule has 0 amide bonds. The van der Waals surface area contributed by atoms with Gasteiger partial charge in [-0.1, -0.05) is 0 Å². The molecule has 0 saturated carbocycles. The molecule has 45 heavy (non-hydrogen) atoms. The third kappa shape index (κ3) is 6.80. The van der Waals surface area contributed by atoms with Gasteiger partial charge in [-0.05, 0) is 0 Å². The number of rotatable bonds is 26. The molecule has 0 aliphatic heterocycles. The van der Waals surface area contributed by atoms with E-state index in [0.717, 1.165) is 34.1 Å². The van der Waals surface area contributed by atoms with Crippen molar-refractivity contribution in [2.24, 2.45) is 0 Å². The van der Waals surface area contributed by atoms with E-state index in [9.17, 15) is 0 Å². The van der Waals surface area contributed by atoms with Crippen LogP contribution in [0.15, 0.2) is 0 Å².